The molecule has 0 bridgehead atoms. The molecule has 0 unspecified atom stereocenters. The van der Waals surface area contributed by atoms with Crippen molar-refractivity contribution in [3.8, 4) is 0 Å². The summed E-state index contributed by atoms with van der Waals surface area (Å²) in [5.74, 6) is 0. The second-order valence-corrected chi connectivity index (χ2v) is 6.79. The van der Waals surface area contributed by atoms with E-state index in [1.807, 2.05) is 19.1 Å². The Morgan fingerprint density at radius 1 is 1.19 bits per heavy atom. The molecule has 0 aliphatic heterocycles. The van der Waals surface area contributed by atoms with Gasteiger partial charge in [-0.15, -0.1) is 0 Å². The Labute approximate surface area is 130 Å². The number of sulfonamides is 1. The fourth-order valence-electron chi connectivity index (χ4n) is 2.00. The van der Waals surface area contributed by atoms with Crippen LogP contribution in [-0.4, -0.2) is 8.42 Å². The average molecular weight is 325 g/mol. The molecule has 2 aromatic carbocycles. The summed E-state index contributed by atoms with van der Waals surface area (Å²) in [6.45, 7) is 2.05. The summed E-state index contributed by atoms with van der Waals surface area (Å²) in [6, 6.07) is 11.6. The molecule has 0 atom stereocenters. The highest BCUT2D eigenvalue weighted by Gasteiger charge is 2.16. The Bertz CT molecular complexity index is 745. The van der Waals surface area contributed by atoms with Crippen molar-refractivity contribution in [3.63, 3.8) is 0 Å². The van der Waals surface area contributed by atoms with E-state index in [9.17, 15) is 8.42 Å². The van der Waals surface area contributed by atoms with E-state index in [1.165, 1.54) is 18.2 Å². The van der Waals surface area contributed by atoms with Gasteiger partial charge in [0.1, 0.15) is 0 Å². The highest BCUT2D eigenvalue weighted by Crippen LogP contribution is 2.25. The van der Waals surface area contributed by atoms with Crippen molar-refractivity contribution in [2.75, 3.05) is 10.5 Å². The molecule has 0 aliphatic carbocycles. The molecule has 21 heavy (non-hydrogen) atoms. The van der Waals surface area contributed by atoms with E-state index in [4.69, 9.17) is 17.3 Å². The van der Waals surface area contributed by atoms with Gasteiger partial charge >= 0.3 is 0 Å². The lowest BCUT2D eigenvalue weighted by atomic mass is 10.1. The SMILES string of the molecule is CCCc1ccccc1NS(=O)(=O)c1ccc(Cl)c(N)c1. The maximum atomic E-state index is 12.4. The number of rotatable bonds is 5. The van der Waals surface area contributed by atoms with Crippen molar-refractivity contribution in [1.29, 1.82) is 0 Å². The van der Waals surface area contributed by atoms with E-state index in [1.54, 1.807) is 12.1 Å². The van der Waals surface area contributed by atoms with Gasteiger partial charge in [0.2, 0.25) is 0 Å². The van der Waals surface area contributed by atoms with Crippen molar-refractivity contribution >= 4 is 33.0 Å². The summed E-state index contributed by atoms with van der Waals surface area (Å²) in [5, 5.41) is 0.334. The topological polar surface area (TPSA) is 72.2 Å². The number of aryl methyl sites for hydroxylation is 1. The molecule has 4 nitrogen and oxygen atoms in total. The van der Waals surface area contributed by atoms with Gasteiger partial charge in [-0.05, 0) is 36.2 Å². The van der Waals surface area contributed by atoms with Gasteiger partial charge in [-0.1, -0.05) is 43.1 Å². The molecule has 0 amide bonds. The molecule has 2 rings (SSSR count). The summed E-state index contributed by atoms with van der Waals surface area (Å²) in [4.78, 5) is 0.0932. The number of anilines is 2. The lowest BCUT2D eigenvalue weighted by molar-refractivity contribution is 0.601. The first kappa shape index (κ1) is 15.7. The molecule has 0 saturated heterocycles. The van der Waals surface area contributed by atoms with E-state index in [0.717, 1.165) is 18.4 Å². The first-order chi connectivity index (χ1) is 9.94. The number of hydrogen-bond acceptors (Lipinski definition) is 3. The number of nitrogens with two attached hydrogens (primary N) is 1. The largest absolute Gasteiger partial charge is 0.397 e. The maximum absolute atomic E-state index is 12.4. The van der Waals surface area contributed by atoms with Crippen molar-refractivity contribution in [2.45, 2.75) is 24.7 Å². The molecule has 0 heterocycles. The minimum absolute atomic E-state index is 0.0932. The summed E-state index contributed by atoms with van der Waals surface area (Å²) in [7, 11) is -3.68. The van der Waals surface area contributed by atoms with Gasteiger partial charge in [-0.25, -0.2) is 8.42 Å². The zero-order chi connectivity index (χ0) is 15.5. The molecule has 0 radical (unpaired) electrons. The summed E-state index contributed by atoms with van der Waals surface area (Å²) < 4.78 is 27.4. The lowest BCUT2D eigenvalue weighted by Crippen LogP contribution is -2.14. The Hall–Kier alpha value is -1.72. The normalized spacial score (nSPS) is 11.3. The minimum atomic E-state index is -3.68. The van der Waals surface area contributed by atoms with Crippen LogP contribution in [0.1, 0.15) is 18.9 Å². The molecule has 6 heteroatoms. The summed E-state index contributed by atoms with van der Waals surface area (Å²) >= 11 is 5.82. The number of benzene rings is 2. The maximum Gasteiger partial charge on any atom is 0.261 e. The van der Waals surface area contributed by atoms with Crippen molar-refractivity contribution in [3.05, 3.63) is 53.1 Å². The van der Waals surface area contributed by atoms with E-state index in [0.29, 0.717) is 10.7 Å². The standard InChI is InChI=1S/C15H17ClN2O2S/c1-2-5-11-6-3-4-7-15(11)18-21(19,20)12-8-9-13(16)14(17)10-12/h3-4,6-10,18H,2,5,17H2,1H3. The molecular formula is C15H17ClN2O2S. The van der Waals surface area contributed by atoms with Crippen LogP contribution in [-0.2, 0) is 16.4 Å². The van der Waals surface area contributed by atoms with E-state index < -0.39 is 10.0 Å². The van der Waals surface area contributed by atoms with Crippen LogP contribution in [0.4, 0.5) is 11.4 Å². The second-order valence-electron chi connectivity index (χ2n) is 4.70. The molecule has 2 aromatic rings. The summed E-state index contributed by atoms with van der Waals surface area (Å²) in [5.41, 5.74) is 7.46. The van der Waals surface area contributed by atoms with Gasteiger partial charge in [0, 0.05) is 0 Å². The van der Waals surface area contributed by atoms with Gasteiger partial charge in [-0.3, -0.25) is 4.72 Å². The Morgan fingerprint density at radius 2 is 1.90 bits per heavy atom. The van der Waals surface area contributed by atoms with Crippen LogP contribution in [0.3, 0.4) is 0 Å². The van der Waals surface area contributed by atoms with Crippen LogP contribution in [0.25, 0.3) is 0 Å². The third-order valence-corrected chi connectivity index (χ3v) is 4.77. The Morgan fingerprint density at radius 3 is 2.57 bits per heavy atom. The van der Waals surface area contributed by atoms with Crippen LogP contribution < -0.4 is 10.5 Å². The molecule has 0 fully saturated rings. The zero-order valence-corrected chi connectivity index (χ0v) is 13.2. The monoisotopic (exact) mass is 324 g/mol. The van der Waals surface area contributed by atoms with Crippen molar-refractivity contribution in [1.82, 2.24) is 0 Å². The summed E-state index contributed by atoms with van der Waals surface area (Å²) in [6.07, 6.45) is 1.74. The van der Waals surface area contributed by atoms with Crippen molar-refractivity contribution in [2.24, 2.45) is 0 Å². The van der Waals surface area contributed by atoms with E-state index in [2.05, 4.69) is 4.72 Å². The first-order valence-corrected chi connectivity index (χ1v) is 8.46. The Balaban J connectivity index is 2.35. The Kier molecular flexibility index (Phi) is 4.75. The number of halogens is 1. The van der Waals surface area contributed by atoms with Gasteiger partial charge in [0.25, 0.3) is 10.0 Å². The number of hydrogen-bond donors (Lipinski definition) is 2. The fourth-order valence-corrected chi connectivity index (χ4v) is 3.25. The molecule has 3 N–H and O–H groups in total. The van der Waals surface area contributed by atoms with Crippen LogP contribution in [0.15, 0.2) is 47.4 Å². The van der Waals surface area contributed by atoms with Crippen molar-refractivity contribution < 1.29 is 8.42 Å². The number of para-hydroxylation sites is 1. The van der Waals surface area contributed by atoms with Gasteiger partial charge in [0.05, 0.1) is 21.3 Å². The minimum Gasteiger partial charge on any atom is -0.397 e. The molecule has 0 aromatic heterocycles. The second kappa shape index (κ2) is 6.37. The van der Waals surface area contributed by atoms with E-state index in [-0.39, 0.29) is 10.6 Å². The van der Waals surface area contributed by atoms with Crippen LogP contribution in [0.5, 0.6) is 0 Å². The highest BCUT2D eigenvalue weighted by atomic mass is 35.5. The predicted octanol–water partition coefficient (Wildman–Crippen LogP) is 3.68. The zero-order valence-electron chi connectivity index (χ0n) is 11.6. The molecular weight excluding hydrogens is 308 g/mol. The van der Waals surface area contributed by atoms with Gasteiger partial charge in [0.15, 0.2) is 0 Å². The predicted molar refractivity (Wildman–Crippen MR) is 87.1 cm³/mol. The first-order valence-electron chi connectivity index (χ1n) is 6.60. The number of nitrogens with one attached hydrogen (secondary N) is 1. The highest BCUT2D eigenvalue weighted by molar-refractivity contribution is 7.92. The molecule has 0 spiro atoms. The van der Waals surface area contributed by atoms with Gasteiger partial charge < -0.3 is 5.73 Å². The van der Waals surface area contributed by atoms with Gasteiger partial charge in [-0.2, -0.15) is 0 Å². The van der Waals surface area contributed by atoms with E-state index >= 15 is 0 Å². The molecule has 112 valence electrons. The van der Waals surface area contributed by atoms with Crippen LogP contribution >= 0.6 is 11.6 Å². The fraction of sp³-hybridized carbons (Fsp3) is 0.200. The average Bonchev–Trinajstić information content (AvgIpc) is 2.44. The third-order valence-electron chi connectivity index (χ3n) is 3.06. The van der Waals surface area contributed by atoms with Crippen LogP contribution in [0.2, 0.25) is 5.02 Å². The smallest absolute Gasteiger partial charge is 0.261 e. The molecule has 0 aliphatic rings. The van der Waals surface area contributed by atoms with Crippen LogP contribution in [0, 0.1) is 0 Å². The third kappa shape index (κ3) is 3.68. The molecule has 0 saturated carbocycles. The lowest BCUT2D eigenvalue weighted by Gasteiger charge is -2.12. The number of nitrogen functional groups attached to an aromatic ring is 1. The quantitative estimate of drug-likeness (QED) is 0.824.